The van der Waals surface area contributed by atoms with Gasteiger partial charge in [-0.15, -0.1) is 11.8 Å². The van der Waals surface area contributed by atoms with Crippen molar-refractivity contribution in [1.29, 1.82) is 0 Å². The second kappa shape index (κ2) is 9.04. The number of ether oxygens (including phenoxy) is 1. The van der Waals surface area contributed by atoms with Gasteiger partial charge in [-0.3, -0.25) is 9.59 Å². The zero-order valence-electron chi connectivity index (χ0n) is 15.1. The number of carbonyl (C=O) groups excluding carboxylic acids is 2. The Hall–Kier alpha value is -2.07. The molecule has 3 nitrogen and oxygen atoms in total. The highest BCUT2D eigenvalue weighted by Gasteiger charge is 2.21. The summed E-state index contributed by atoms with van der Waals surface area (Å²) in [6, 6.07) is 13.7. The fourth-order valence-electron chi connectivity index (χ4n) is 3.07. The van der Waals surface area contributed by atoms with Crippen molar-refractivity contribution in [1.82, 2.24) is 0 Å². The molecule has 0 atom stereocenters. The maximum Gasteiger partial charge on any atom is 0.305 e. The van der Waals surface area contributed by atoms with E-state index in [0.717, 1.165) is 52.2 Å². The van der Waals surface area contributed by atoms with Crippen LogP contribution in [0.15, 0.2) is 47.4 Å². The number of carbonyl (C=O) groups is 2. The predicted octanol–water partition coefficient (Wildman–Crippen LogP) is 5.19. The highest BCUT2D eigenvalue weighted by Crippen LogP contribution is 2.34. The zero-order valence-corrected chi connectivity index (χ0v) is 15.9. The van der Waals surface area contributed by atoms with Crippen LogP contribution in [0.5, 0.6) is 0 Å². The van der Waals surface area contributed by atoms with Gasteiger partial charge in [-0.05, 0) is 29.7 Å². The number of hydrogen-bond donors (Lipinski definition) is 0. The first-order valence-corrected chi connectivity index (χ1v) is 10.2. The van der Waals surface area contributed by atoms with E-state index in [1.165, 1.54) is 0 Å². The van der Waals surface area contributed by atoms with Crippen LogP contribution in [-0.4, -0.2) is 18.4 Å². The lowest BCUT2D eigenvalue weighted by Gasteiger charge is -2.09. The first-order valence-electron chi connectivity index (χ1n) is 9.23. The van der Waals surface area contributed by atoms with Gasteiger partial charge in [-0.25, -0.2) is 0 Å². The summed E-state index contributed by atoms with van der Waals surface area (Å²) < 4.78 is 5.32. The van der Waals surface area contributed by atoms with Gasteiger partial charge in [0.2, 0.25) is 0 Å². The highest BCUT2D eigenvalue weighted by molar-refractivity contribution is 7.98. The van der Waals surface area contributed by atoms with Gasteiger partial charge in [0.25, 0.3) is 0 Å². The minimum absolute atomic E-state index is 0.0921. The van der Waals surface area contributed by atoms with Gasteiger partial charge in [0.15, 0.2) is 5.78 Å². The zero-order chi connectivity index (χ0) is 18.4. The molecule has 26 heavy (non-hydrogen) atoms. The van der Waals surface area contributed by atoms with E-state index in [2.05, 4.69) is 13.0 Å². The quantitative estimate of drug-likeness (QED) is 0.498. The van der Waals surface area contributed by atoms with Crippen molar-refractivity contribution >= 4 is 23.5 Å². The smallest absolute Gasteiger partial charge is 0.305 e. The molecule has 136 valence electrons. The Balaban J connectivity index is 1.61. The summed E-state index contributed by atoms with van der Waals surface area (Å²) in [4.78, 5) is 25.5. The lowest BCUT2D eigenvalue weighted by Crippen LogP contribution is -2.08. The van der Waals surface area contributed by atoms with Crippen LogP contribution in [0.25, 0.3) is 0 Å². The minimum Gasteiger partial charge on any atom is -0.465 e. The van der Waals surface area contributed by atoms with Crippen molar-refractivity contribution < 1.29 is 14.3 Å². The molecule has 3 rings (SSSR count). The summed E-state index contributed by atoms with van der Waals surface area (Å²) in [5.41, 5.74) is 3.74. The molecule has 2 aromatic carbocycles. The lowest BCUT2D eigenvalue weighted by molar-refractivity contribution is -0.143. The molecule has 0 aromatic heterocycles. The van der Waals surface area contributed by atoms with Crippen molar-refractivity contribution in [2.24, 2.45) is 0 Å². The van der Waals surface area contributed by atoms with E-state index in [1.807, 2.05) is 36.4 Å². The molecule has 1 aliphatic rings. The summed E-state index contributed by atoms with van der Waals surface area (Å²) in [6.45, 7) is 2.51. The molecule has 0 radical (unpaired) electrons. The Kier molecular flexibility index (Phi) is 6.51. The number of unbranched alkanes of at least 4 members (excludes halogenated alkanes) is 2. The molecule has 0 aliphatic carbocycles. The van der Waals surface area contributed by atoms with Gasteiger partial charge < -0.3 is 4.74 Å². The standard InChI is InChI=1S/C22H24O3S/c1-2-3-4-9-21(23)25-13-12-16-10-11-19-20(14-16)26-15-17-7-5-6-8-18(17)22(19)24/h5-8,10-11,14H,2-4,9,12-13,15H2,1H3. The number of thioether (sulfide) groups is 1. The van der Waals surface area contributed by atoms with E-state index < -0.39 is 0 Å². The molecule has 0 unspecified atom stereocenters. The fraction of sp³-hybridized carbons (Fsp3) is 0.364. The summed E-state index contributed by atoms with van der Waals surface area (Å²) in [5, 5.41) is 0. The van der Waals surface area contributed by atoms with Crippen LogP contribution in [0.4, 0.5) is 0 Å². The van der Waals surface area contributed by atoms with E-state index in [-0.39, 0.29) is 11.8 Å². The first kappa shape index (κ1) is 18.7. The average Bonchev–Trinajstić information content (AvgIpc) is 2.79. The molecule has 1 aliphatic heterocycles. The molecule has 0 amide bonds. The maximum atomic E-state index is 12.8. The van der Waals surface area contributed by atoms with E-state index in [4.69, 9.17) is 4.74 Å². The Labute approximate surface area is 159 Å². The molecule has 0 spiro atoms. The topological polar surface area (TPSA) is 43.4 Å². The fourth-order valence-corrected chi connectivity index (χ4v) is 4.19. The molecular weight excluding hydrogens is 344 g/mol. The van der Waals surface area contributed by atoms with Crippen LogP contribution in [0, 0.1) is 0 Å². The monoisotopic (exact) mass is 368 g/mol. The second-order valence-corrected chi connectivity index (χ2v) is 7.55. The number of benzene rings is 2. The predicted molar refractivity (Wildman–Crippen MR) is 105 cm³/mol. The van der Waals surface area contributed by atoms with Crippen molar-refractivity contribution in [3.63, 3.8) is 0 Å². The van der Waals surface area contributed by atoms with E-state index in [0.29, 0.717) is 19.4 Å². The Bertz CT molecular complexity index is 798. The largest absolute Gasteiger partial charge is 0.465 e. The molecule has 0 saturated carbocycles. The summed E-state index contributed by atoms with van der Waals surface area (Å²) in [5.74, 6) is 0.771. The summed E-state index contributed by atoms with van der Waals surface area (Å²) in [6.07, 6.45) is 4.23. The van der Waals surface area contributed by atoms with Gasteiger partial charge in [-0.2, -0.15) is 0 Å². The Morgan fingerprint density at radius 2 is 1.96 bits per heavy atom. The number of ketones is 1. The SMILES string of the molecule is CCCCCC(=O)OCCc1ccc2c(c1)SCc1ccccc1C2=O. The highest BCUT2D eigenvalue weighted by atomic mass is 32.2. The average molecular weight is 368 g/mol. The van der Waals surface area contributed by atoms with Gasteiger partial charge in [0.05, 0.1) is 6.61 Å². The van der Waals surface area contributed by atoms with Crippen molar-refractivity contribution in [3.8, 4) is 0 Å². The van der Waals surface area contributed by atoms with Crippen LogP contribution >= 0.6 is 11.8 Å². The summed E-state index contributed by atoms with van der Waals surface area (Å²) >= 11 is 1.69. The molecule has 0 N–H and O–H groups in total. The van der Waals surface area contributed by atoms with Crippen LogP contribution in [0.2, 0.25) is 0 Å². The van der Waals surface area contributed by atoms with E-state index >= 15 is 0 Å². The minimum atomic E-state index is -0.117. The molecule has 0 saturated heterocycles. The van der Waals surface area contributed by atoms with Gasteiger partial charge in [0.1, 0.15) is 0 Å². The Morgan fingerprint density at radius 1 is 1.12 bits per heavy atom. The van der Waals surface area contributed by atoms with E-state index in [9.17, 15) is 9.59 Å². The van der Waals surface area contributed by atoms with Crippen molar-refractivity contribution in [2.45, 2.75) is 49.7 Å². The third-order valence-electron chi connectivity index (χ3n) is 4.57. The van der Waals surface area contributed by atoms with Crippen molar-refractivity contribution in [2.75, 3.05) is 6.61 Å². The van der Waals surface area contributed by atoms with Crippen LogP contribution < -0.4 is 0 Å². The van der Waals surface area contributed by atoms with Crippen molar-refractivity contribution in [3.05, 3.63) is 64.7 Å². The number of hydrogen-bond acceptors (Lipinski definition) is 4. The maximum absolute atomic E-state index is 12.8. The molecular formula is C22H24O3S. The molecule has 4 heteroatoms. The summed E-state index contributed by atoms with van der Waals surface area (Å²) in [7, 11) is 0. The molecule has 1 heterocycles. The van der Waals surface area contributed by atoms with Gasteiger partial charge in [-0.1, -0.05) is 50.1 Å². The van der Waals surface area contributed by atoms with E-state index in [1.54, 1.807) is 11.8 Å². The second-order valence-electron chi connectivity index (χ2n) is 6.53. The van der Waals surface area contributed by atoms with Gasteiger partial charge >= 0.3 is 5.97 Å². The molecule has 0 bridgehead atoms. The first-order chi connectivity index (χ1) is 12.7. The van der Waals surface area contributed by atoms with Crippen LogP contribution in [0.3, 0.4) is 0 Å². The van der Waals surface area contributed by atoms with Gasteiger partial charge in [0, 0.05) is 34.6 Å². The Morgan fingerprint density at radius 3 is 2.81 bits per heavy atom. The lowest BCUT2D eigenvalue weighted by atomic mass is 9.98. The molecule has 0 fully saturated rings. The number of rotatable bonds is 7. The number of esters is 1. The molecule has 2 aromatic rings. The third kappa shape index (κ3) is 4.55. The van der Waals surface area contributed by atoms with Crippen LogP contribution in [0.1, 0.15) is 59.7 Å². The third-order valence-corrected chi connectivity index (χ3v) is 5.68. The normalized spacial score (nSPS) is 12.9. The van der Waals surface area contributed by atoms with Crippen LogP contribution in [-0.2, 0) is 21.7 Å². The number of fused-ring (bicyclic) bond motifs is 2.